The Balaban J connectivity index is 1.50. The molecule has 0 radical (unpaired) electrons. The molecule has 1 fully saturated rings. The molecule has 0 unspecified atom stereocenters. The number of rotatable bonds is 5. The highest BCUT2D eigenvalue weighted by Crippen LogP contribution is 2.24. The second kappa shape index (κ2) is 7.53. The molecule has 2 N–H and O–H groups in total. The Labute approximate surface area is 144 Å². The second-order valence-corrected chi connectivity index (χ2v) is 6.80. The number of thiazole rings is 1. The number of aromatic nitrogens is 2. The van der Waals surface area contributed by atoms with Gasteiger partial charge in [0.2, 0.25) is 11.8 Å². The molecule has 2 aromatic rings. The summed E-state index contributed by atoms with van der Waals surface area (Å²) in [5.74, 6) is -0.222. The molecule has 2 amide bonds. The number of nitrogens with zero attached hydrogens (tertiary/aromatic N) is 3. The van der Waals surface area contributed by atoms with Crippen LogP contribution >= 0.6 is 11.3 Å². The number of nitrogens with two attached hydrogens (primary N) is 1. The quantitative estimate of drug-likeness (QED) is 0.896. The third-order valence-corrected chi connectivity index (χ3v) is 5.26. The Morgan fingerprint density at radius 2 is 1.96 bits per heavy atom. The molecule has 126 valence electrons. The van der Waals surface area contributed by atoms with Crippen LogP contribution in [-0.4, -0.2) is 39.8 Å². The number of hydrogen-bond acceptors (Lipinski definition) is 5. The Bertz CT molecular complexity index is 708. The van der Waals surface area contributed by atoms with Crippen LogP contribution in [0.5, 0.6) is 0 Å². The smallest absolute Gasteiger partial charge is 0.222 e. The number of pyridine rings is 1. The van der Waals surface area contributed by atoms with E-state index in [9.17, 15) is 9.59 Å². The predicted octanol–water partition coefficient (Wildman–Crippen LogP) is 1.86. The molecule has 24 heavy (non-hydrogen) atoms. The SMILES string of the molecule is NC(=O)C1CCN(C(=O)CCc2csc(-c3ccncc3)n2)CC1. The van der Waals surface area contributed by atoms with Crippen LogP contribution in [-0.2, 0) is 16.0 Å². The lowest BCUT2D eigenvalue weighted by atomic mass is 9.96. The Kier molecular flexibility index (Phi) is 5.20. The molecule has 0 spiro atoms. The van der Waals surface area contributed by atoms with E-state index in [0.717, 1.165) is 16.3 Å². The summed E-state index contributed by atoms with van der Waals surface area (Å²) in [6, 6.07) is 3.85. The molecule has 0 aliphatic carbocycles. The lowest BCUT2D eigenvalue weighted by molar-refractivity contribution is -0.134. The van der Waals surface area contributed by atoms with Crippen LogP contribution in [0, 0.1) is 5.92 Å². The predicted molar refractivity (Wildman–Crippen MR) is 92.2 cm³/mol. The molecule has 1 aliphatic heterocycles. The van der Waals surface area contributed by atoms with Crippen molar-refractivity contribution in [2.75, 3.05) is 13.1 Å². The lowest BCUT2D eigenvalue weighted by Gasteiger charge is -2.30. The number of hydrogen-bond donors (Lipinski definition) is 1. The maximum atomic E-state index is 12.3. The van der Waals surface area contributed by atoms with E-state index in [1.165, 1.54) is 0 Å². The topological polar surface area (TPSA) is 89.2 Å². The molecule has 0 saturated carbocycles. The van der Waals surface area contributed by atoms with Crippen molar-refractivity contribution in [3.05, 3.63) is 35.6 Å². The average molecular weight is 344 g/mol. The molecular formula is C17H20N4O2S. The summed E-state index contributed by atoms with van der Waals surface area (Å²) < 4.78 is 0. The van der Waals surface area contributed by atoms with Crippen LogP contribution in [0.1, 0.15) is 25.0 Å². The minimum absolute atomic E-state index is 0.0875. The first kappa shape index (κ1) is 16.6. The summed E-state index contributed by atoms with van der Waals surface area (Å²) in [4.78, 5) is 33.9. The maximum Gasteiger partial charge on any atom is 0.222 e. The number of aryl methyl sites for hydroxylation is 1. The van der Waals surface area contributed by atoms with Crippen LogP contribution in [0.15, 0.2) is 29.9 Å². The first-order valence-corrected chi connectivity index (χ1v) is 8.93. The molecule has 0 atom stereocenters. The van der Waals surface area contributed by atoms with Crippen molar-refractivity contribution < 1.29 is 9.59 Å². The first-order valence-electron chi connectivity index (χ1n) is 8.05. The van der Waals surface area contributed by atoms with Gasteiger partial charge in [0.15, 0.2) is 0 Å². The fourth-order valence-corrected chi connectivity index (χ4v) is 3.72. The van der Waals surface area contributed by atoms with Crippen LogP contribution < -0.4 is 5.73 Å². The molecule has 2 aromatic heterocycles. The van der Waals surface area contributed by atoms with Crippen molar-refractivity contribution in [1.29, 1.82) is 0 Å². The zero-order valence-electron chi connectivity index (χ0n) is 13.4. The Morgan fingerprint density at radius 1 is 1.25 bits per heavy atom. The Morgan fingerprint density at radius 3 is 2.62 bits per heavy atom. The molecule has 1 aliphatic rings. The molecule has 0 aromatic carbocycles. The normalized spacial score (nSPS) is 15.4. The van der Waals surface area contributed by atoms with Crippen LogP contribution in [0.25, 0.3) is 10.6 Å². The second-order valence-electron chi connectivity index (χ2n) is 5.94. The fraction of sp³-hybridized carbons (Fsp3) is 0.412. The van der Waals surface area contributed by atoms with Crippen molar-refractivity contribution in [2.24, 2.45) is 11.7 Å². The standard InChI is InChI=1S/C17H20N4O2S/c18-16(23)12-5-9-21(10-6-12)15(22)2-1-14-11-24-17(20-14)13-3-7-19-8-4-13/h3-4,7-8,11-12H,1-2,5-6,9-10H2,(H2,18,23). The van der Waals surface area contributed by atoms with Gasteiger partial charge in [-0.2, -0.15) is 0 Å². The van der Waals surface area contributed by atoms with Gasteiger partial charge < -0.3 is 10.6 Å². The Hall–Kier alpha value is -2.28. The fourth-order valence-electron chi connectivity index (χ4n) is 2.86. The molecule has 6 nitrogen and oxygen atoms in total. The molecular weight excluding hydrogens is 324 g/mol. The summed E-state index contributed by atoms with van der Waals surface area (Å²) in [6.07, 6.45) is 5.91. The van der Waals surface area contributed by atoms with E-state index in [4.69, 9.17) is 5.73 Å². The summed E-state index contributed by atoms with van der Waals surface area (Å²) >= 11 is 1.58. The number of primary amides is 1. The van der Waals surface area contributed by atoms with Gasteiger partial charge in [-0.25, -0.2) is 4.98 Å². The van der Waals surface area contributed by atoms with Crippen LogP contribution in [0.2, 0.25) is 0 Å². The van der Waals surface area contributed by atoms with Gasteiger partial charge in [0.1, 0.15) is 5.01 Å². The summed E-state index contributed by atoms with van der Waals surface area (Å²) in [5, 5.41) is 2.95. The van der Waals surface area contributed by atoms with Crippen molar-refractivity contribution in [1.82, 2.24) is 14.9 Å². The third-order valence-electron chi connectivity index (χ3n) is 4.32. The molecule has 7 heteroatoms. The molecule has 0 bridgehead atoms. The van der Waals surface area contributed by atoms with E-state index >= 15 is 0 Å². The third kappa shape index (κ3) is 3.97. The highest BCUT2D eigenvalue weighted by atomic mass is 32.1. The number of piperidine rings is 1. The van der Waals surface area contributed by atoms with E-state index in [-0.39, 0.29) is 17.7 Å². The highest BCUT2D eigenvalue weighted by molar-refractivity contribution is 7.13. The van der Waals surface area contributed by atoms with Gasteiger partial charge in [-0.15, -0.1) is 11.3 Å². The van der Waals surface area contributed by atoms with Crippen LogP contribution in [0.4, 0.5) is 0 Å². The zero-order chi connectivity index (χ0) is 16.9. The minimum Gasteiger partial charge on any atom is -0.369 e. The van der Waals surface area contributed by atoms with Gasteiger partial charge >= 0.3 is 0 Å². The molecule has 3 heterocycles. The van der Waals surface area contributed by atoms with Gasteiger partial charge in [0.05, 0.1) is 5.69 Å². The van der Waals surface area contributed by atoms with Gasteiger partial charge in [0.25, 0.3) is 0 Å². The number of carbonyl (C=O) groups is 2. The van der Waals surface area contributed by atoms with Crippen molar-refractivity contribution >= 4 is 23.2 Å². The summed E-state index contributed by atoms with van der Waals surface area (Å²) in [7, 11) is 0. The highest BCUT2D eigenvalue weighted by Gasteiger charge is 2.25. The van der Waals surface area contributed by atoms with Crippen molar-refractivity contribution in [3.8, 4) is 10.6 Å². The van der Waals surface area contributed by atoms with Gasteiger partial charge in [-0.05, 0) is 31.4 Å². The van der Waals surface area contributed by atoms with Crippen molar-refractivity contribution in [3.63, 3.8) is 0 Å². The van der Waals surface area contributed by atoms with E-state index in [1.54, 1.807) is 23.7 Å². The minimum atomic E-state index is -0.256. The van der Waals surface area contributed by atoms with Crippen LogP contribution in [0.3, 0.4) is 0 Å². The van der Waals surface area contributed by atoms with Gasteiger partial charge in [0, 0.05) is 48.8 Å². The number of likely N-dealkylation sites (tertiary alicyclic amines) is 1. The van der Waals surface area contributed by atoms with Gasteiger partial charge in [-0.1, -0.05) is 0 Å². The number of amides is 2. The zero-order valence-corrected chi connectivity index (χ0v) is 14.2. The van der Waals surface area contributed by atoms with E-state index in [2.05, 4.69) is 9.97 Å². The summed E-state index contributed by atoms with van der Waals surface area (Å²) in [6.45, 7) is 1.23. The van der Waals surface area contributed by atoms with Gasteiger partial charge in [-0.3, -0.25) is 14.6 Å². The monoisotopic (exact) mass is 344 g/mol. The van der Waals surface area contributed by atoms with Crippen molar-refractivity contribution in [2.45, 2.75) is 25.7 Å². The summed E-state index contributed by atoms with van der Waals surface area (Å²) in [5.41, 5.74) is 7.30. The van der Waals surface area contributed by atoms with E-state index < -0.39 is 0 Å². The average Bonchev–Trinajstić information content (AvgIpc) is 3.09. The maximum absolute atomic E-state index is 12.3. The number of carbonyl (C=O) groups excluding carboxylic acids is 2. The lowest BCUT2D eigenvalue weighted by Crippen LogP contribution is -2.41. The largest absolute Gasteiger partial charge is 0.369 e. The first-order chi connectivity index (χ1) is 11.6. The van der Waals surface area contributed by atoms with E-state index in [0.29, 0.717) is 38.8 Å². The molecule has 3 rings (SSSR count). The van der Waals surface area contributed by atoms with E-state index in [1.807, 2.05) is 22.4 Å². The molecule has 1 saturated heterocycles.